The van der Waals surface area contributed by atoms with Crippen LogP contribution in [0.3, 0.4) is 0 Å². The number of rotatable bonds is 7. The van der Waals surface area contributed by atoms with E-state index in [9.17, 15) is 9.18 Å². The van der Waals surface area contributed by atoms with Gasteiger partial charge in [0.05, 0.1) is 6.20 Å². The second kappa shape index (κ2) is 8.39. The Morgan fingerprint density at radius 2 is 2.16 bits per heavy atom. The van der Waals surface area contributed by atoms with E-state index >= 15 is 0 Å². The predicted octanol–water partition coefficient (Wildman–Crippen LogP) is 4.39. The predicted molar refractivity (Wildman–Crippen MR) is 93.8 cm³/mol. The third-order valence-electron chi connectivity index (χ3n) is 5.02. The molecule has 2 heterocycles. The summed E-state index contributed by atoms with van der Waals surface area (Å²) in [4.78, 5) is 18.2. The Morgan fingerprint density at radius 3 is 2.84 bits per heavy atom. The number of nitrogens with zero attached hydrogens (tertiary/aromatic N) is 2. The van der Waals surface area contributed by atoms with Crippen molar-refractivity contribution in [1.82, 2.24) is 9.88 Å². The van der Waals surface area contributed by atoms with E-state index < -0.39 is 0 Å². The van der Waals surface area contributed by atoms with Crippen molar-refractivity contribution in [2.45, 2.75) is 45.6 Å². The van der Waals surface area contributed by atoms with Gasteiger partial charge in [-0.05, 0) is 68.8 Å². The van der Waals surface area contributed by atoms with Gasteiger partial charge in [-0.25, -0.2) is 9.37 Å². The number of aryl methyl sites for hydroxylation is 1. The minimum atomic E-state index is -0.137. The van der Waals surface area contributed by atoms with Gasteiger partial charge in [-0.3, -0.25) is 9.69 Å². The smallest absolute Gasteiger partial charge is 0.263 e. The zero-order chi connectivity index (χ0) is 17.6. The lowest BCUT2D eigenvalue weighted by molar-refractivity contribution is 0.0940. The summed E-state index contributed by atoms with van der Waals surface area (Å²) >= 11 is 0. The molecule has 4 nitrogen and oxygen atoms in total. The number of carbonyl (C=O) groups is 1. The van der Waals surface area contributed by atoms with Gasteiger partial charge in [-0.2, -0.15) is 0 Å². The highest BCUT2D eigenvalue weighted by atomic mass is 19.1. The zero-order valence-electron chi connectivity index (χ0n) is 14.7. The number of hydrogen-bond acceptors (Lipinski definition) is 4. The van der Waals surface area contributed by atoms with Gasteiger partial charge in [-0.1, -0.05) is 12.1 Å². The van der Waals surface area contributed by atoms with Crippen molar-refractivity contribution < 1.29 is 13.6 Å². The molecule has 0 spiro atoms. The number of Topliss-reactive ketones (excluding diaryl/α,β-unsaturated/α-hetero) is 1. The summed E-state index contributed by atoms with van der Waals surface area (Å²) < 4.78 is 18.4. The summed E-state index contributed by atoms with van der Waals surface area (Å²) in [6.07, 6.45) is 7.74. The summed E-state index contributed by atoms with van der Waals surface area (Å²) in [5.74, 6) is 0.767. The molecule has 1 aromatic carbocycles. The van der Waals surface area contributed by atoms with Crippen LogP contribution in [0.25, 0.3) is 0 Å². The highest BCUT2D eigenvalue weighted by molar-refractivity contribution is 5.91. The third-order valence-corrected chi connectivity index (χ3v) is 5.02. The Balaban J connectivity index is 1.37. The molecule has 0 N–H and O–H groups in total. The number of ketones is 1. The van der Waals surface area contributed by atoms with E-state index in [1.165, 1.54) is 18.0 Å². The molecule has 134 valence electrons. The number of aromatic nitrogens is 1. The van der Waals surface area contributed by atoms with Crippen LogP contribution < -0.4 is 0 Å². The summed E-state index contributed by atoms with van der Waals surface area (Å²) in [6, 6.07) is 5.38. The number of halogens is 1. The van der Waals surface area contributed by atoms with E-state index in [4.69, 9.17) is 4.42 Å². The first-order chi connectivity index (χ1) is 12.1. The average Bonchev–Trinajstić information content (AvgIpc) is 3.14. The van der Waals surface area contributed by atoms with Gasteiger partial charge in [0.1, 0.15) is 12.1 Å². The van der Waals surface area contributed by atoms with Crippen LogP contribution in [0.2, 0.25) is 0 Å². The van der Waals surface area contributed by atoms with E-state index in [1.807, 2.05) is 19.1 Å². The van der Waals surface area contributed by atoms with Crippen LogP contribution in [0.1, 0.15) is 53.9 Å². The highest BCUT2D eigenvalue weighted by Gasteiger charge is 2.20. The fraction of sp³-hybridized carbons (Fsp3) is 0.500. The van der Waals surface area contributed by atoms with E-state index in [1.54, 1.807) is 6.07 Å². The number of piperidine rings is 1. The standard InChI is InChI=1S/C20H25FN2O2/c1-15-13-17(5-6-18(15)21)14-23-10-7-16(8-11-23)3-2-4-19(24)20-22-9-12-25-20/h5-6,9,12-13,16H,2-4,7-8,10-11,14H2,1H3. The number of oxazole rings is 1. The van der Waals surface area contributed by atoms with Crippen molar-refractivity contribution in [1.29, 1.82) is 0 Å². The molecule has 0 bridgehead atoms. The Hall–Kier alpha value is -2.01. The lowest BCUT2D eigenvalue weighted by atomic mass is 9.91. The van der Waals surface area contributed by atoms with E-state index in [0.29, 0.717) is 17.9 Å². The Bertz CT molecular complexity index is 692. The van der Waals surface area contributed by atoms with Crippen molar-refractivity contribution in [3.05, 3.63) is 53.5 Å². The van der Waals surface area contributed by atoms with Gasteiger partial charge in [0, 0.05) is 13.0 Å². The van der Waals surface area contributed by atoms with Gasteiger partial charge in [0.25, 0.3) is 5.89 Å². The minimum absolute atomic E-state index is 0.00545. The molecule has 0 radical (unpaired) electrons. The van der Waals surface area contributed by atoms with Crippen molar-refractivity contribution in [2.75, 3.05) is 13.1 Å². The fourth-order valence-electron chi connectivity index (χ4n) is 3.52. The van der Waals surface area contributed by atoms with Gasteiger partial charge < -0.3 is 4.42 Å². The average molecular weight is 344 g/mol. The highest BCUT2D eigenvalue weighted by Crippen LogP contribution is 2.24. The van der Waals surface area contributed by atoms with Gasteiger partial charge in [0.2, 0.25) is 5.78 Å². The monoisotopic (exact) mass is 344 g/mol. The number of benzene rings is 1. The van der Waals surface area contributed by atoms with Crippen LogP contribution in [-0.2, 0) is 6.54 Å². The summed E-state index contributed by atoms with van der Waals surface area (Å²) in [7, 11) is 0. The number of carbonyl (C=O) groups excluding carboxylic acids is 1. The molecule has 0 amide bonds. The lowest BCUT2D eigenvalue weighted by Crippen LogP contribution is -2.33. The van der Waals surface area contributed by atoms with Gasteiger partial charge in [-0.15, -0.1) is 0 Å². The molecule has 0 saturated carbocycles. The van der Waals surface area contributed by atoms with Gasteiger partial charge in [0.15, 0.2) is 0 Å². The largest absolute Gasteiger partial charge is 0.442 e. The summed E-state index contributed by atoms with van der Waals surface area (Å²) in [5, 5.41) is 0. The Morgan fingerprint density at radius 1 is 1.36 bits per heavy atom. The molecule has 1 fully saturated rings. The maximum atomic E-state index is 13.3. The molecule has 2 aromatic rings. The molecular weight excluding hydrogens is 319 g/mol. The number of hydrogen-bond donors (Lipinski definition) is 0. The molecule has 1 aliphatic heterocycles. The second-order valence-electron chi connectivity index (χ2n) is 6.96. The maximum Gasteiger partial charge on any atom is 0.263 e. The zero-order valence-corrected chi connectivity index (χ0v) is 14.7. The fourth-order valence-corrected chi connectivity index (χ4v) is 3.52. The van der Waals surface area contributed by atoms with E-state index in [2.05, 4.69) is 9.88 Å². The number of likely N-dealkylation sites (tertiary alicyclic amines) is 1. The van der Waals surface area contributed by atoms with Crippen molar-refractivity contribution in [2.24, 2.45) is 5.92 Å². The molecule has 3 rings (SSSR count). The maximum absolute atomic E-state index is 13.3. The summed E-state index contributed by atoms with van der Waals surface area (Å²) in [6.45, 7) is 4.82. The molecule has 1 aromatic heterocycles. The molecule has 0 aliphatic carbocycles. The Labute approximate surface area is 148 Å². The first-order valence-electron chi connectivity index (χ1n) is 9.02. The van der Waals surface area contributed by atoms with Crippen molar-refractivity contribution in [3.8, 4) is 0 Å². The first-order valence-corrected chi connectivity index (χ1v) is 9.02. The SMILES string of the molecule is Cc1cc(CN2CCC(CCCC(=O)c3ncco3)CC2)ccc1F. The van der Waals surface area contributed by atoms with Crippen LogP contribution in [0.15, 0.2) is 35.1 Å². The summed E-state index contributed by atoms with van der Waals surface area (Å²) in [5.41, 5.74) is 1.89. The minimum Gasteiger partial charge on any atom is -0.442 e. The molecule has 0 unspecified atom stereocenters. The molecule has 0 atom stereocenters. The van der Waals surface area contributed by atoms with Gasteiger partial charge >= 0.3 is 0 Å². The first kappa shape index (κ1) is 17.8. The van der Waals surface area contributed by atoms with E-state index in [0.717, 1.165) is 45.3 Å². The normalized spacial score (nSPS) is 16.2. The molecular formula is C20H25FN2O2. The quantitative estimate of drug-likeness (QED) is 0.699. The van der Waals surface area contributed by atoms with Crippen LogP contribution in [-0.4, -0.2) is 28.8 Å². The van der Waals surface area contributed by atoms with Crippen LogP contribution in [0.5, 0.6) is 0 Å². The van der Waals surface area contributed by atoms with Crippen molar-refractivity contribution in [3.63, 3.8) is 0 Å². The van der Waals surface area contributed by atoms with Crippen molar-refractivity contribution >= 4 is 5.78 Å². The molecule has 25 heavy (non-hydrogen) atoms. The molecule has 1 aliphatic rings. The van der Waals surface area contributed by atoms with Crippen LogP contribution >= 0.6 is 0 Å². The van der Waals surface area contributed by atoms with E-state index in [-0.39, 0.29) is 17.5 Å². The van der Waals surface area contributed by atoms with Crippen LogP contribution in [0, 0.1) is 18.7 Å². The Kier molecular flexibility index (Phi) is 5.97. The molecule has 5 heteroatoms. The molecule has 1 saturated heterocycles. The van der Waals surface area contributed by atoms with Crippen LogP contribution in [0.4, 0.5) is 4.39 Å². The third kappa shape index (κ3) is 4.98. The topological polar surface area (TPSA) is 46.3 Å². The lowest BCUT2D eigenvalue weighted by Gasteiger charge is -2.32. The second-order valence-corrected chi connectivity index (χ2v) is 6.96.